The van der Waals surface area contributed by atoms with Gasteiger partial charge in [0.05, 0.1) is 6.26 Å². The van der Waals surface area contributed by atoms with Crippen LogP contribution in [0, 0.1) is 0 Å². The predicted octanol–water partition coefficient (Wildman–Crippen LogP) is 4.48. The molecular weight excluding hydrogens is 269 g/mol. The molecule has 18 heavy (non-hydrogen) atoms. The average Bonchev–Trinajstić information content (AvgIpc) is 2.75. The van der Waals surface area contributed by atoms with Crippen LogP contribution in [-0.2, 0) is 6.42 Å². The molecule has 2 nitrogen and oxygen atoms in total. The van der Waals surface area contributed by atoms with E-state index in [1.807, 2.05) is 24.3 Å². The van der Waals surface area contributed by atoms with E-state index in [1.165, 1.54) is 5.56 Å². The molecule has 0 saturated carbocycles. The van der Waals surface area contributed by atoms with Gasteiger partial charge < -0.3 is 9.73 Å². The third-order valence-electron chi connectivity index (χ3n) is 2.80. The average molecular weight is 284 g/mol. The van der Waals surface area contributed by atoms with Gasteiger partial charge in [0.2, 0.25) is 0 Å². The van der Waals surface area contributed by atoms with Gasteiger partial charge in [-0.3, -0.25) is 0 Å². The molecule has 0 amide bonds. The van der Waals surface area contributed by atoms with Crippen LogP contribution in [0.4, 0.5) is 0 Å². The van der Waals surface area contributed by atoms with Gasteiger partial charge in [0.15, 0.2) is 5.22 Å². The van der Waals surface area contributed by atoms with E-state index >= 15 is 0 Å². The molecule has 0 aliphatic heterocycles. The quantitative estimate of drug-likeness (QED) is 0.875. The fourth-order valence-electron chi connectivity index (χ4n) is 1.99. The van der Waals surface area contributed by atoms with Crippen LogP contribution >= 0.6 is 23.2 Å². The third-order valence-corrected chi connectivity index (χ3v) is 3.34. The van der Waals surface area contributed by atoms with Crippen LogP contribution < -0.4 is 5.32 Å². The van der Waals surface area contributed by atoms with Crippen molar-refractivity contribution < 1.29 is 4.42 Å². The molecule has 1 unspecified atom stereocenters. The van der Waals surface area contributed by atoms with E-state index in [4.69, 9.17) is 27.6 Å². The molecule has 0 spiro atoms. The topological polar surface area (TPSA) is 25.2 Å². The first-order chi connectivity index (χ1) is 8.70. The molecule has 0 saturated heterocycles. The van der Waals surface area contributed by atoms with Gasteiger partial charge in [0.25, 0.3) is 0 Å². The molecule has 1 N–H and O–H groups in total. The van der Waals surface area contributed by atoms with Gasteiger partial charge in [-0.15, -0.1) is 0 Å². The molecule has 1 aromatic heterocycles. The van der Waals surface area contributed by atoms with Crippen LogP contribution in [-0.4, -0.2) is 6.54 Å². The lowest BCUT2D eigenvalue weighted by Crippen LogP contribution is -2.22. The third kappa shape index (κ3) is 3.29. The fourth-order valence-corrected chi connectivity index (χ4v) is 2.45. The molecule has 0 aliphatic rings. The van der Waals surface area contributed by atoms with Crippen molar-refractivity contribution in [2.24, 2.45) is 0 Å². The maximum Gasteiger partial charge on any atom is 0.197 e. The van der Waals surface area contributed by atoms with E-state index in [0.29, 0.717) is 5.22 Å². The predicted molar refractivity (Wildman–Crippen MR) is 75.3 cm³/mol. The van der Waals surface area contributed by atoms with Gasteiger partial charge in [-0.1, -0.05) is 30.7 Å². The minimum Gasteiger partial charge on any atom is -0.453 e. The van der Waals surface area contributed by atoms with Crippen molar-refractivity contribution in [1.82, 2.24) is 5.32 Å². The number of hydrogen-bond acceptors (Lipinski definition) is 2. The molecule has 0 aliphatic carbocycles. The zero-order valence-electron chi connectivity index (χ0n) is 10.1. The molecule has 96 valence electrons. The monoisotopic (exact) mass is 283 g/mol. The number of likely N-dealkylation sites (N-methyl/N-ethyl adjacent to an activating group) is 1. The first-order valence-corrected chi connectivity index (χ1v) is 6.67. The number of hydrogen-bond donors (Lipinski definition) is 1. The Morgan fingerprint density at radius 1 is 1.28 bits per heavy atom. The Morgan fingerprint density at radius 2 is 2.11 bits per heavy atom. The molecule has 1 aromatic carbocycles. The molecule has 4 heteroatoms. The second-order valence-corrected chi connectivity index (χ2v) is 4.87. The highest BCUT2D eigenvalue weighted by Crippen LogP contribution is 2.27. The van der Waals surface area contributed by atoms with E-state index in [0.717, 1.165) is 23.6 Å². The zero-order chi connectivity index (χ0) is 13.0. The van der Waals surface area contributed by atoms with Crippen LogP contribution in [0.25, 0.3) is 0 Å². The van der Waals surface area contributed by atoms with Gasteiger partial charge in [0, 0.05) is 16.6 Å². The van der Waals surface area contributed by atoms with Crippen molar-refractivity contribution in [3.05, 3.63) is 58.0 Å². The Kier molecular flexibility index (Phi) is 4.70. The second kappa shape index (κ2) is 6.28. The summed E-state index contributed by atoms with van der Waals surface area (Å²) >= 11 is 12.0. The smallest absolute Gasteiger partial charge is 0.197 e. The van der Waals surface area contributed by atoms with Crippen LogP contribution in [0.3, 0.4) is 0 Å². The number of furan rings is 1. The highest BCUT2D eigenvalue weighted by molar-refractivity contribution is 6.30. The summed E-state index contributed by atoms with van der Waals surface area (Å²) in [5, 5.41) is 4.60. The Bertz CT molecular complexity index is 510. The normalized spacial score (nSPS) is 12.6. The van der Waals surface area contributed by atoms with Crippen molar-refractivity contribution in [2.75, 3.05) is 6.54 Å². The van der Waals surface area contributed by atoms with Crippen LogP contribution in [0.2, 0.25) is 10.2 Å². The van der Waals surface area contributed by atoms with Crippen LogP contribution in [0.5, 0.6) is 0 Å². The Balaban J connectivity index is 2.19. The molecular formula is C14H15Cl2NO. The number of nitrogens with one attached hydrogen (secondary N) is 1. The van der Waals surface area contributed by atoms with Crippen molar-refractivity contribution in [2.45, 2.75) is 19.4 Å². The van der Waals surface area contributed by atoms with Crippen molar-refractivity contribution in [3.8, 4) is 0 Å². The molecule has 1 heterocycles. The Morgan fingerprint density at radius 3 is 2.72 bits per heavy atom. The molecule has 0 fully saturated rings. The molecule has 0 radical (unpaired) electrons. The van der Waals surface area contributed by atoms with E-state index in [2.05, 4.69) is 18.3 Å². The molecule has 1 atom stereocenters. The maximum atomic E-state index is 6.04. The summed E-state index contributed by atoms with van der Waals surface area (Å²) in [6, 6.07) is 9.90. The zero-order valence-corrected chi connectivity index (χ0v) is 11.6. The minimum absolute atomic E-state index is 0.139. The Hall–Kier alpha value is -0.960. The largest absolute Gasteiger partial charge is 0.453 e. The highest BCUT2D eigenvalue weighted by atomic mass is 35.5. The van der Waals surface area contributed by atoms with Gasteiger partial charge in [-0.05, 0) is 48.3 Å². The van der Waals surface area contributed by atoms with Crippen molar-refractivity contribution in [3.63, 3.8) is 0 Å². The lowest BCUT2D eigenvalue weighted by Gasteiger charge is -2.17. The van der Waals surface area contributed by atoms with Gasteiger partial charge in [0.1, 0.15) is 0 Å². The van der Waals surface area contributed by atoms with Crippen LogP contribution in [0.1, 0.15) is 24.1 Å². The van der Waals surface area contributed by atoms with Gasteiger partial charge in [-0.2, -0.15) is 0 Å². The molecule has 2 rings (SSSR count). The summed E-state index contributed by atoms with van der Waals surface area (Å²) in [6.45, 7) is 2.94. The lowest BCUT2D eigenvalue weighted by atomic mass is 10.0. The first-order valence-electron chi connectivity index (χ1n) is 5.91. The summed E-state index contributed by atoms with van der Waals surface area (Å²) in [5.74, 6) is 0. The van der Waals surface area contributed by atoms with E-state index in [1.54, 1.807) is 6.26 Å². The van der Waals surface area contributed by atoms with E-state index in [-0.39, 0.29) is 6.04 Å². The maximum absolute atomic E-state index is 6.04. The summed E-state index contributed by atoms with van der Waals surface area (Å²) in [4.78, 5) is 0. The standard InChI is InChI=1S/C14H15Cl2NO/c1-2-17-13(12-6-7-18-14(12)16)9-10-4-3-5-11(15)8-10/h3-8,13,17H,2,9H2,1H3. The summed E-state index contributed by atoms with van der Waals surface area (Å²) in [6.07, 6.45) is 2.44. The van der Waals surface area contributed by atoms with Crippen LogP contribution in [0.15, 0.2) is 41.0 Å². The minimum atomic E-state index is 0.139. The summed E-state index contributed by atoms with van der Waals surface area (Å²) < 4.78 is 5.15. The second-order valence-electron chi connectivity index (χ2n) is 4.09. The highest BCUT2D eigenvalue weighted by Gasteiger charge is 2.16. The lowest BCUT2D eigenvalue weighted by molar-refractivity contribution is 0.526. The number of halogens is 2. The SMILES string of the molecule is CCNC(Cc1cccc(Cl)c1)c1ccoc1Cl. The first kappa shape index (κ1) is 13.5. The van der Waals surface area contributed by atoms with Gasteiger partial charge in [-0.25, -0.2) is 0 Å². The van der Waals surface area contributed by atoms with Crippen molar-refractivity contribution in [1.29, 1.82) is 0 Å². The Labute approximate surface area is 117 Å². The summed E-state index contributed by atoms with van der Waals surface area (Å²) in [7, 11) is 0. The van der Waals surface area contributed by atoms with Gasteiger partial charge >= 0.3 is 0 Å². The van der Waals surface area contributed by atoms with E-state index in [9.17, 15) is 0 Å². The number of benzene rings is 1. The van der Waals surface area contributed by atoms with E-state index < -0.39 is 0 Å². The summed E-state index contributed by atoms with van der Waals surface area (Å²) in [5.41, 5.74) is 2.16. The fraction of sp³-hybridized carbons (Fsp3) is 0.286. The molecule has 0 bridgehead atoms. The van der Waals surface area contributed by atoms with Crippen molar-refractivity contribution >= 4 is 23.2 Å². The molecule has 2 aromatic rings. The number of rotatable bonds is 5.